The summed E-state index contributed by atoms with van der Waals surface area (Å²) in [6, 6.07) is 18.1. The molecule has 2 aromatic carbocycles. The number of hydrogen-bond donors (Lipinski definition) is 1. The molecule has 5 heteroatoms. The molecule has 0 unspecified atom stereocenters. The Morgan fingerprint density at radius 1 is 0.960 bits per heavy atom. The zero-order valence-corrected chi connectivity index (χ0v) is 14.5. The van der Waals surface area contributed by atoms with Crippen LogP contribution in [0.4, 0.5) is 5.95 Å². The zero-order chi connectivity index (χ0) is 17.2. The number of nitrogens with one attached hydrogen (secondary N) is 1. The molecule has 0 radical (unpaired) electrons. The van der Waals surface area contributed by atoms with E-state index in [-0.39, 0.29) is 0 Å². The summed E-state index contributed by atoms with van der Waals surface area (Å²) < 4.78 is 1.82. The second kappa shape index (κ2) is 6.51. The van der Waals surface area contributed by atoms with Crippen LogP contribution in [0, 0.1) is 5.92 Å². The van der Waals surface area contributed by atoms with E-state index >= 15 is 0 Å². The van der Waals surface area contributed by atoms with Gasteiger partial charge in [-0.1, -0.05) is 56.3 Å². The maximum atomic E-state index is 4.79. The molecule has 0 saturated carbocycles. The molecule has 25 heavy (non-hydrogen) atoms. The largest absolute Gasteiger partial charge is 0.354 e. The van der Waals surface area contributed by atoms with Crippen molar-refractivity contribution in [2.45, 2.75) is 20.3 Å². The van der Waals surface area contributed by atoms with Crippen LogP contribution in [-0.4, -0.2) is 26.1 Å². The molecule has 0 fully saturated rings. The van der Waals surface area contributed by atoms with E-state index in [9.17, 15) is 0 Å². The number of aromatic nitrogens is 4. The maximum absolute atomic E-state index is 4.79. The lowest BCUT2D eigenvalue weighted by Crippen LogP contribution is -2.11. The van der Waals surface area contributed by atoms with Crippen molar-refractivity contribution < 1.29 is 0 Å². The van der Waals surface area contributed by atoms with Gasteiger partial charge in [-0.15, -0.1) is 5.10 Å². The molecule has 5 nitrogen and oxygen atoms in total. The Bertz CT molecular complexity index is 1000. The Hall–Kier alpha value is -2.95. The molecule has 4 rings (SSSR count). The third-order valence-electron chi connectivity index (χ3n) is 4.22. The third-order valence-corrected chi connectivity index (χ3v) is 4.22. The van der Waals surface area contributed by atoms with E-state index in [4.69, 9.17) is 15.1 Å². The van der Waals surface area contributed by atoms with Gasteiger partial charge in [0.2, 0.25) is 5.95 Å². The lowest BCUT2D eigenvalue weighted by molar-refractivity contribution is 0.605. The fourth-order valence-electron chi connectivity index (χ4n) is 2.85. The molecule has 2 aromatic heterocycles. The van der Waals surface area contributed by atoms with Crippen LogP contribution >= 0.6 is 0 Å². The summed E-state index contributed by atoms with van der Waals surface area (Å²) in [6.45, 7) is 5.29. The zero-order valence-electron chi connectivity index (χ0n) is 14.5. The van der Waals surface area contributed by atoms with Gasteiger partial charge < -0.3 is 5.32 Å². The summed E-state index contributed by atoms with van der Waals surface area (Å²) in [6.07, 6.45) is 1.08. The third kappa shape index (κ3) is 3.05. The van der Waals surface area contributed by atoms with Gasteiger partial charge >= 0.3 is 0 Å². The molecule has 2 heterocycles. The van der Waals surface area contributed by atoms with Crippen LogP contribution in [0.2, 0.25) is 0 Å². The van der Waals surface area contributed by atoms with Crippen LogP contribution in [0.5, 0.6) is 0 Å². The number of fused-ring (bicyclic) bond motifs is 3. The number of anilines is 1. The second-order valence-corrected chi connectivity index (χ2v) is 6.60. The van der Waals surface area contributed by atoms with Crippen molar-refractivity contribution in [1.82, 2.24) is 19.6 Å². The van der Waals surface area contributed by atoms with E-state index in [2.05, 4.69) is 19.2 Å². The van der Waals surface area contributed by atoms with Crippen molar-refractivity contribution in [3.05, 3.63) is 54.6 Å². The van der Waals surface area contributed by atoms with E-state index in [1.54, 1.807) is 0 Å². The normalized spacial score (nSPS) is 11.5. The molecular formula is C20H21N5. The van der Waals surface area contributed by atoms with Crippen molar-refractivity contribution in [2.24, 2.45) is 5.92 Å². The summed E-state index contributed by atoms with van der Waals surface area (Å²) in [5, 5.41) is 9.14. The molecule has 0 bridgehead atoms. The van der Waals surface area contributed by atoms with Crippen LogP contribution in [0.25, 0.3) is 27.9 Å². The average molecular weight is 331 g/mol. The van der Waals surface area contributed by atoms with Crippen LogP contribution in [0.15, 0.2) is 54.6 Å². The fourth-order valence-corrected chi connectivity index (χ4v) is 2.85. The summed E-state index contributed by atoms with van der Waals surface area (Å²) in [4.78, 5) is 9.54. The molecule has 0 spiro atoms. The van der Waals surface area contributed by atoms with Gasteiger partial charge in [0, 0.05) is 17.5 Å². The Kier molecular flexibility index (Phi) is 4.06. The van der Waals surface area contributed by atoms with E-state index in [0.29, 0.717) is 11.7 Å². The molecule has 0 aliphatic heterocycles. The topological polar surface area (TPSA) is 55.1 Å². The van der Waals surface area contributed by atoms with E-state index in [0.717, 1.165) is 41.0 Å². The van der Waals surface area contributed by atoms with Crippen molar-refractivity contribution >= 4 is 22.5 Å². The summed E-state index contributed by atoms with van der Waals surface area (Å²) >= 11 is 0. The minimum atomic E-state index is 0.638. The van der Waals surface area contributed by atoms with Crippen LogP contribution in [0.1, 0.15) is 20.3 Å². The van der Waals surface area contributed by atoms with Crippen LogP contribution < -0.4 is 5.32 Å². The molecule has 1 N–H and O–H groups in total. The maximum Gasteiger partial charge on any atom is 0.226 e. The average Bonchev–Trinajstić information content (AvgIpc) is 3.08. The van der Waals surface area contributed by atoms with E-state index in [1.807, 2.05) is 59.1 Å². The summed E-state index contributed by atoms with van der Waals surface area (Å²) in [5.41, 5.74) is 2.76. The SMILES string of the molecule is CC(C)CCNc1nc2ccccc2c2nc(-c3ccccc3)nn12. The van der Waals surface area contributed by atoms with Gasteiger partial charge in [0.1, 0.15) is 0 Å². The summed E-state index contributed by atoms with van der Waals surface area (Å²) in [5.74, 6) is 2.09. The first-order valence-electron chi connectivity index (χ1n) is 8.67. The quantitative estimate of drug-likeness (QED) is 0.589. The standard InChI is InChI=1S/C20H21N5/c1-14(2)12-13-21-20-22-17-11-7-6-10-16(17)19-23-18(24-25(19)20)15-8-4-3-5-9-15/h3-11,14H,12-13H2,1-2H3,(H,21,22). The number of nitrogens with zero attached hydrogens (tertiary/aromatic N) is 4. The highest BCUT2D eigenvalue weighted by Gasteiger charge is 2.14. The van der Waals surface area contributed by atoms with Gasteiger partial charge in [0.15, 0.2) is 11.5 Å². The lowest BCUT2D eigenvalue weighted by atomic mass is 10.1. The van der Waals surface area contributed by atoms with Crippen molar-refractivity contribution in [2.75, 3.05) is 11.9 Å². The van der Waals surface area contributed by atoms with Crippen molar-refractivity contribution in [3.8, 4) is 11.4 Å². The Morgan fingerprint density at radius 2 is 1.72 bits per heavy atom. The van der Waals surface area contributed by atoms with Gasteiger partial charge in [-0.25, -0.2) is 9.97 Å². The van der Waals surface area contributed by atoms with Gasteiger partial charge in [-0.05, 0) is 24.5 Å². The van der Waals surface area contributed by atoms with E-state index < -0.39 is 0 Å². The molecule has 4 aromatic rings. The van der Waals surface area contributed by atoms with Gasteiger partial charge in [0.05, 0.1) is 5.52 Å². The first-order chi connectivity index (χ1) is 12.2. The van der Waals surface area contributed by atoms with Gasteiger partial charge in [0.25, 0.3) is 0 Å². The Balaban J connectivity index is 1.86. The monoisotopic (exact) mass is 331 g/mol. The highest BCUT2D eigenvalue weighted by Crippen LogP contribution is 2.24. The first kappa shape index (κ1) is 15.6. The Labute approximate surface area is 146 Å². The van der Waals surface area contributed by atoms with E-state index in [1.165, 1.54) is 0 Å². The Morgan fingerprint density at radius 3 is 2.52 bits per heavy atom. The van der Waals surface area contributed by atoms with Gasteiger partial charge in [-0.2, -0.15) is 4.52 Å². The van der Waals surface area contributed by atoms with Crippen molar-refractivity contribution in [3.63, 3.8) is 0 Å². The fraction of sp³-hybridized carbons (Fsp3) is 0.250. The summed E-state index contributed by atoms with van der Waals surface area (Å²) in [7, 11) is 0. The molecule has 0 aliphatic carbocycles. The molecule has 126 valence electrons. The first-order valence-corrected chi connectivity index (χ1v) is 8.67. The minimum Gasteiger partial charge on any atom is -0.354 e. The molecule has 0 aliphatic rings. The second-order valence-electron chi connectivity index (χ2n) is 6.60. The van der Waals surface area contributed by atoms with Gasteiger partial charge in [-0.3, -0.25) is 0 Å². The molecule has 0 saturated heterocycles. The lowest BCUT2D eigenvalue weighted by Gasteiger charge is -2.10. The number of benzene rings is 2. The highest BCUT2D eigenvalue weighted by molar-refractivity contribution is 5.92. The minimum absolute atomic E-state index is 0.638. The predicted molar refractivity (Wildman–Crippen MR) is 102 cm³/mol. The number of rotatable bonds is 5. The smallest absolute Gasteiger partial charge is 0.226 e. The molecular weight excluding hydrogens is 310 g/mol. The number of hydrogen-bond acceptors (Lipinski definition) is 4. The van der Waals surface area contributed by atoms with Crippen molar-refractivity contribution in [1.29, 1.82) is 0 Å². The van der Waals surface area contributed by atoms with Crippen LogP contribution in [0.3, 0.4) is 0 Å². The predicted octanol–water partition coefficient (Wildman–Crippen LogP) is 4.40. The molecule has 0 amide bonds. The molecule has 0 atom stereocenters. The van der Waals surface area contributed by atoms with Crippen LogP contribution in [-0.2, 0) is 0 Å². The number of para-hydroxylation sites is 1. The highest BCUT2D eigenvalue weighted by atomic mass is 15.4.